The quantitative estimate of drug-likeness (QED) is 0.893. The Balaban J connectivity index is 1.56. The van der Waals surface area contributed by atoms with Crippen LogP contribution in [0.4, 0.5) is 0 Å². The molecule has 134 valence electrons. The molecule has 1 saturated heterocycles. The van der Waals surface area contributed by atoms with E-state index in [4.69, 9.17) is 0 Å². The van der Waals surface area contributed by atoms with Crippen molar-refractivity contribution in [1.29, 1.82) is 0 Å². The van der Waals surface area contributed by atoms with Crippen LogP contribution in [0.1, 0.15) is 29.7 Å². The molecule has 0 spiro atoms. The number of aryl methyl sites for hydroxylation is 2. The lowest BCUT2D eigenvalue weighted by molar-refractivity contribution is -0.136. The summed E-state index contributed by atoms with van der Waals surface area (Å²) < 4.78 is 23.4. The molecule has 1 amide bonds. The zero-order chi connectivity index (χ0) is 17.8. The smallest absolute Gasteiger partial charge is 0.226 e. The summed E-state index contributed by atoms with van der Waals surface area (Å²) in [6.45, 7) is 2.08. The van der Waals surface area contributed by atoms with E-state index in [1.54, 1.807) is 11.9 Å². The number of H-pyrrole nitrogens is 1. The summed E-state index contributed by atoms with van der Waals surface area (Å²) in [5.74, 6) is 0.348. The molecule has 1 aromatic heterocycles. The van der Waals surface area contributed by atoms with E-state index in [1.807, 2.05) is 0 Å². The van der Waals surface area contributed by atoms with Crippen LogP contribution in [0, 0.1) is 12.8 Å². The first-order chi connectivity index (χ1) is 11.8. The lowest BCUT2D eigenvalue weighted by Crippen LogP contribution is -2.42. The van der Waals surface area contributed by atoms with Gasteiger partial charge in [0.2, 0.25) is 5.91 Å². The van der Waals surface area contributed by atoms with Crippen molar-refractivity contribution in [2.24, 2.45) is 5.92 Å². The van der Waals surface area contributed by atoms with Crippen molar-refractivity contribution in [1.82, 2.24) is 9.88 Å². The summed E-state index contributed by atoms with van der Waals surface area (Å²) in [6, 6.07) is 6.23. The van der Waals surface area contributed by atoms with Crippen molar-refractivity contribution in [2.45, 2.75) is 38.6 Å². The van der Waals surface area contributed by atoms with Gasteiger partial charge in [-0.15, -0.1) is 0 Å². The van der Waals surface area contributed by atoms with Gasteiger partial charge in [-0.2, -0.15) is 0 Å². The fraction of sp³-hybridized carbons (Fsp3) is 0.526. The molecule has 2 aliphatic rings. The topological polar surface area (TPSA) is 70.2 Å². The number of rotatable bonds is 2. The first-order valence-corrected chi connectivity index (χ1v) is 10.7. The number of amides is 1. The van der Waals surface area contributed by atoms with Gasteiger partial charge in [0.15, 0.2) is 9.84 Å². The summed E-state index contributed by atoms with van der Waals surface area (Å²) >= 11 is 0. The Hall–Kier alpha value is -1.82. The largest absolute Gasteiger partial charge is 0.358 e. The molecule has 2 unspecified atom stereocenters. The van der Waals surface area contributed by atoms with E-state index in [9.17, 15) is 13.2 Å². The molecule has 1 fully saturated rings. The van der Waals surface area contributed by atoms with Crippen molar-refractivity contribution in [3.63, 3.8) is 0 Å². The van der Waals surface area contributed by atoms with Gasteiger partial charge in [-0.1, -0.05) is 11.6 Å². The second kappa shape index (κ2) is 5.87. The monoisotopic (exact) mass is 360 g/mol. The highest BCUT2D eigenvalue weighted by Gasteiger charge is 2.36. The normalized spacial score (nSPS) is 25.0. The Kier molecular flexibility index (Phi) is 3.90. The molecule has 2 aromatic rings. The highest BCUT2D eigenvalue weighted by molar-refractivity contribution is 7.91. The molecule has 5 nitrogen and oxygen atoms in total. The minimum absolute atomic E-state index is 0.0553. The second-order valence-corrected chi connectivity index (χ2v) is 9.81. The van der Waals surface area contributed by atoms with Crippen LogP contribution in [0.15, 0.2) is 18.2 Å². The maximum Gasteiger partial charge on any atom is 0.226 e. The lowest BCUT2D eigenvalue weighted by Gasteiger charge is -2.30. The molecule has 2 atom stereocenters. The molecule has 1 aliphatic heterocycles. The number of carbonyl (C=O) groups is 1. The van der Waals surface area contributed by atoms with Gasteiger partial charge in [-0.25, -0.2) is 8.42 Å². The van der Waals surface area contributed by atoms with E-state index in [0.29, 0.717) is 6.42 Å². The van der Waals surface area contributed by atoms with Crippen molar-refractivity contribution >= 4 is 26.6 Å². The fourth-order valence-electron chi connectivity index (χ4n) is 4.29. The average Bonchev–Trinajstić information content (AvgIpc) is 3.12. The number of hydrogen-bond donors (Lipinski definition) is 1. The van der Waals surface area contributed by atoms with E-state index >= 15 is 0 Å². The maximum atomic E-state index is 13.0. The number of fused-ring (bicyclic) bond motifs is 3. The second-order valence-electron chi connectivity index (χ2n) is 7.58. The summed E-state index contributed by atoms with van der Waals surface area (Å²) in [4.78, 5) is 18.1. The van der Waals surface area contributed by atoms with Crippen LogP contribution in [0.25, 0.3) is 10.9 Å². The van der Waals surface area contributed by atoms with Crippen molar-refractivity contribution in [2.75, 3.05) is 18.6 Å². The number of sulfone groups is 1. The average molecular weight is 360 g/mol. The van der Waals surface area contributed by atoms with Gasteiger partial charge < -0.3 is 9.88 Å². The third kappa shape index (κ3) is 2.97. The van der Waals surface area contributed by atoms with Gasteiger partial charge in [0.25, 0.3) is 0 Å². The zero-order valence-electron chi connectivity index (χ0n) is 14.7. The number of aromatic amines is 1. The van der Waals surface area contributed by atoms with Crippen LogP contribution in [-0.2, 0) is 27.5 Å². The summed E-state index contributed by atoms with van der Waals surface area (Å²) in [7, 11) is -1.21. The molecule has 1 N–H and O–H groups in total. The molecule has 1 aromatic carbocycles. The molecule has 4 rings (SSSR count). The summed E-state index contributed by atoms with van der Waals surface area (Å²) in [5, 5.41) is 1.22. The van der Waals surface area contributed by atoms with Crippen molar-refractivity contribution in [3.05, 3.63) is 35.0 Å². The Bertz CT molecular complexity index is 945. The first-order valence-electron chi connectivity index (χ1n) is 8.91. The molecule has 25 heavy (non-hydrogen) atoms. The molecule has 6 heteroatoms. The number of aromatic nitrogens is 1. The number of hydrogen-bond acceptors (Lipinski definition) is 3. The number of benzene rings is 1. The van der Waals surface area contributed by atoms with Crippen molar-refractivity contribution in [3.8, 4) is 0 Å². The van der Waals surface area contributed by atoms with E-state index in [2.05, 4.69) is 30.1 Å². The Morgan fingerprint density at radius 2 is 2.08 bits per heavy atom. The van der Waals surface area contributed by atoms with Crippen molar-refractivity contribution < 1.29 is 13.2 Å². The van der Waals surface area contributed by atoms with Crippen LogP contribution >= 0.6 is 0 Å². The SMILES string of the molecule is Cc1ccc2[nH]c3c(c2c1)CC(C(=O)N(C)C1CCS(=O)(=O)C1)CC3. The van der Waals surface area contributed by atoms with Gasteiger partial charge in [0.1, 0.15) is 0 Å². The minimum Gasteiger partial charge on any atom is -0.358 e. The Morgan fingerprint density at radius 3 is 2.80 bits per heavy atom. The number of nitrogens with one attached hydrogen (secondary N) is 1. The standard InChI is InChI=1S/C19H24N2O3S/c1-12-3-5-17-15(9-12)16-10-13(4-6-18(16)20-17)19(22)21(2)14-7-8-25(23,24)11-14/h3,5,9,13-14,20H,4,6-8,10-11H2,1-2H3. The molecular weight excluding hydrogens is 336 g/mol. The fourth-order valence-corrected chi connectivity index (χ4v) is 6.06. The molecular formula is C19H24N2O3S. The first kappa shape index (κ1) is 16.6. The maximum absolute atomic E-state index is 13.0. The van der Waals surface area contributed by atoms with Crippen LogP contribution in [0.5, 0.6) is 0 Å². The minimum atomic E-state index is -2.98. The highest BCUT2D eigenvalue weighted by atomic mass is 32.2. The molecule has 2 heterocycles. The predicted octanol–water partition coefficient (Wildman–Crippen LogP) is 2.23. The predicted molar refractivity (Wildman–Crippen MR) is 98.4 cm³/mol. The Labute approximate surface area is 148 Å². The summed E-state index contributed by atoms with van der Waals surface area (Å²) in [5.41, 5.74) is 4.86. The van der Waals surface area contributed by atoms with E-state index in [-0.39, 0.29) is 29.4 Å². The van der Waals surface area contributed by atoms with E-state index in [0.717, 1.165) is 24.8 Å². The number of carbonyl (C=O) groups excluding carboxylic acids is 1. The highest BCUT2D eigenvalue weighted by Crippen LogP contribution is 2.33. The van der Waals surface area contributed by atoms with Crippen LogP contribution in [0.3, 0.4) is 0 Å². The summed E-state index contributed by atoms with van der Waals surface area (Å²) in [6.07, 6.45) is 2.99. The molecule has 0 saturated carbocycles. The van der Waals surface area contributed by atoms with Crippen LogP contribution in [-0.4, -0.2) is 48.8 Å². The molecule has 0 bridgehead atoms. The number of nitrogens with zero attached hydrogens (tertiary/aromatic N) is 1. The third-order valence-electron chi connectivity index (χ3n) is 5.80. The molecule has 0 radical (unpaired) electrons. The van der Waals surface area contributed by atoms with Gasteiger partial charge in [-0.3, -0.25) is 4.79 Å². The van der Waals surface area contributed by atoms with Crippen LogP contribution in [0.2, 0.25) is 0 Å². The Morgan fingerprint density at radius 1 is 1.28 bits per heavy atom. The third-order valence-corrected chi connectivity index (χ3v) is 7.55. The van der Waals surface area contributed by atoms with Gasteiger partial charge in [0.05, 0.1) is 11.5 Å². The van der Waals surface area contributed by atoms with E-state index in [1.165, 1.54) is 22.2 Å². The lowest BCUT2D eigenvalue weighted by atomic mass is 9.85. The molecule has 1 aliphatic carbocycles. The van der Waals surface area contributed by atoms with Gasteiger partial charge in [0, 0.05) is 35.6 Å². The van der Waals surface area contributed by atoms with Gasteiger partial charge in [-0.05, 0) is 50.3 Å². The zero-order valence-corrected chi connectivity index (χ0v) is 15.5. The van der Waals surface area contributed by atoms with Gasteiger partial charge >= 0.3 is 0 Å². The van der Waals surface area contributed by atoms with E-state index < -0.39 is 9.84 Å². The van der Waals surface area contributed by atoms with Crippen LogP contribution < -0.4 is 0 Å².